The van der Waals surface area contributed by atoms with E-state index >= 15 is 0 Å². The highest BCUT2D eigenvalue weighted by atomic mass is 16.4. The largest absolute Gasteiger partial charge is 0.480 e. The van der Waals surface area contributed by atoms with Crippen LogP contribution in [0.15, 0.2) is 0 Å². The van der Waals surface area contributed by atoms with E-state index in [9.17, 15) is 9.90 Å². The fraction of sp³-hybridized carbons (Fsp3) is 0.933. The van der Waals surface area contributed by atoms with Gasteiger partial charge in [-0.25, -0.2) is 0 Å². The summed E-state index contributed by atoms with van der Waals surface area (Å²) in [5.41, 5.74) is 0. The molecule has 0 aromatic heterocycles. The molecule has 3 atom stereocenters. The van der Waals surface area contributed by atoms with E-state index in [-0.39, 0.29) is 5.92 Å². The molecule has 0 saturated heterocycles. The topological polar surface area (TPSA) is 49.3 Å². The average Bonchev–Trinajstić information content (AvgIpc) is 2.51. The van der Waals surface area contributed by atoms with Crippen LogP contribution in [0.25, 0.3) is 0 Å². The Hall–Kier alpha value is -0.570. The summed E-state index contributed by atoms with van der Waals surface area (Å²) in [7, 11) is 0. The molecule has 1 fully saturated rings. The highest BCUT2D eigenvalue weighted by molar-refractivity contribution is 5.73. The molecule has 106 valence electrons. The molecule has 2 N–H and O–H groups in total. The third-order valence-corrected chi connectivity index (χ3v) is 4.13. The quantitative estimate of drug-likeness (QED) is 0.715. The van der Waals surface area contributed by atoms with Crippen molar-refractivity contribution in [3.63, 3.8) is 0 Å². The molecule has 0 amide bonds. The van der Waals surface area contributed by atoms with Gasteiger partial charge >= 0.3 is 5.97 Å². The summed E-state index contributed by atoms with van der Waals surface area (Å²) in [6, 6.07) is 0.00748. The molecule has 18 heavy (non-hydrogen) atoms. The number of rotatable bonds is 6. The summed E-state index contributed by atoms with van der Waals surface area (Å²) in [6.45, 7) is 6.20. The first-order valence-electron chi connectivity index (χ1n) is 7.53. The Morgan fingerprint density at radius 2 is 2.00 bits per heavy atom. The summed E-state index contributed by atoms with van der Waals surface area (Å²) in [4.78, 5) is 11.2. The van der Waals surface area contributed by atoms with Gasteiger partial charge in [-0.3, -0.25) is 4.79 Å². The lowest BCUT2D eigenvalue weighted by Gasteiger charge is -2.24. The summed E-state index contributed by atoms with van der Waals surface area (Å²) in [5.74, 6) is 0.306. The highest BCUT2D eigenvalue weighted by Gasteiger charge is 2.26. The zero-order valence-corrected chi connectivity index (χ0v) is 12.1. The van der Waals surface area contributed by atoms with E-state index < -0.39 is 12.0 Å². The lowest BCUT2D eigenvalue weighted by atomic mass is 9.95. The Labute approximate surface area is 111 Å². The van der Waals surface area contributed by atoms with Gasteiger partial charge in [-0.05, 0) is 31.1 Å². The molecule has 3 nitrogen and oxygen atoms in total. The van der Waals surface area contributed by atoms with Crippen molar-refractivity contribution in [2.75, 3.05) is 0 Å². The number of nitrogens with one attached hydrogen (secondary N) is 1. The number of carboxylic acids is 1. The monoisotopic (exact) mass is 255 g/mol. The van der Waals surface area contributed by atoms with Crippen molar-refractivity contribution in [2.45, 2.75) is 77.8 Å². The summed E-state index contributed by atoms with van der Waals surface area (Å²) >= 11 is 0. The fourth-order valence-electron chi connectivity index (χ4n) is 3.04. The summed E-state index contributed by atoms with van der Waals surface area (Å²) < 4.78 is 0. The molecule has 0 heterocycles. The van der Waals surface area contributed by atoms with Crippen molar-refractivity contribution in [3.8, 4) is 0 Å². The van der Waals surface area contributed by atoms with Crippen LogP contribution in [-0.4, -0.2) is 23.2 Å². The minimum Gasteiger partial charge on any atom is -0.480 e. The first-order chi connectivity index (χ1) is 8.54. The smallest absolute Gasteiger partial charge is 0.320 e. The van der Waals surface area contributed by atoms with Gasteiger partial charge in [0.15, 0.2) is 0 Å². The molecule has 0 radical (unpaired) electrons. The maximum absolute atomic E-state index is 11.2. The van der Waals surface area contributed by atoms with Crippen LogP contribution in [0.1, 0.15) is 65.7 Å². The van der Waals surface area contributed by atoms with Gasteiger partial charge in [0.1, 0.15) is 6.04 Å². The number of carboxylic acid groups (broad SMARTS) is 1. The van der Waals surface area contributed by atoms with Crippen LogP contribution in [0.2, 0.25) is 0 Å². The normalized spacial score (nSPS) is 26.9. The van der Waals surface area contributed by atoms with Crippen LogP contribution < -0.4 is 5.32 Å². The Bertz CT molecular complexity index is 253. The molecule has 0 aromatic rings. The van der Waals surface area contributed by atoms with E-state index in [1.54, 1.807) is 0 Å². The standard InChI is InChI=1S/C15H29NO2/c1-4-6-12-7-5-8-13(10-9-12)16-14(11(2)3)15(17)18/h11-14,16H,4-10H2,1-3H3,(H,17,18). The van der Waals surface area contributed by atoms with E-state index in [0.29, 0.717) is 6.04 Å². The predicted octanol–water partition coefficient (Wildman–Crippen LogP) is 3.43. The molecule has 1 aliphatic carbocycles. The molecule has 3 heteroatoms. The van der Waals surface area contributed by atoms with Crippen LogP contribution >= 0.6 is 0 Å². The minimum absolute atomic E-state index is 0.150. The second-order valence-corrected chi connectivity index (χ2v) is 6.09. The first-order valence-corrected chi connectivity index (χ1v) is 7.53. The van der Waals surface area contributed by atoms with Gasteiger partial charge in [0.05, 0.1) is 0 Å². The van der Waals surface area contributed by atoms with E-state index in [1.807, 2.05) is 13.8 Å². The van der Waals surface area contributed by atoms with E-state index in [2.05, 4.69) is 12.2 Å². The number of aliphatic carboxylic acids is 1. The van der Waals surface area contributed by atoms with Crippen molar-refractivity contribution in [1.82, 2.24) is 5.32 Å². The van der Waals surface area contributed by atoms with Crippen molar-refractivity contribution in [3.05, 3.63) is 0 Å². The number of carbonyl (C=O) groups is 1. The van der Waals surface area contributed by atoms with Gasteiger partial charge in [-0.1, -0.05) is 46.5 Å². The maximum Gasteiger partial charge on any atom is 0.320 e. The van der Waals surface area contributed by atoms with E-state index in [1.165, 1.54) is 32.1 Å². The van der Waals surface area contributed by atoms with Crippen molar-refractivity contribution in [2.24, 2.45) is 11.8 Å². The third-order valence-electron chi connectivity index (χ3n) is 4.13. The van der Waals surface area contributed by atoms with Gasteiger partial charge in [0.2, 0.25) is 0 Å². The molecule has 0 aromatic carbocycles. The van der Waals surface area contributed by atoms with Gasteiger partial charge in [0.25, 0.3) is 0 Å². The van der Waals surface area contributed by atoms with E-state index in [0.717, 1.165) is 18.8 Å². The minimum atomic E-state index is -0.709. The van der Waals surface area contributed by atoms with Crippen LogP contribution in [0, 0.1) is 11.8 Å². The zero-order chi connectivity index (χ0) is 13.5. The lowest BCUT2D eigenvalue weighted by molar-refractivity contribution is -0.140. The van der Waals surface area contributed by atoms with Gasteiger partial charge < -0.3 is 10.4 Å². The SMILES string of the molecule is CCCC1CCCC(NC(C(=O)O)C(C)C)CC1. The van der Waals surface area contributed by atoms with Crippen molar-refractivity contribution in [1.29, 1.82) is 0 Å². The molecule has 1 saturated carbocycles. The molecular formula is C15H29NO2. The van der Waals surface area contributed by atoms with Crippen LogP contribution in [-0.2, 0) is 4.79 Å². The summed E-state index contributed by atoms with van der Waals surface area (Å²) in [5, 5.41) is 12.6. The first kappa shape index (κ1) is 15.5. The Morgan fingerprint density at radius 1 is 1.28 bits per heavy atom. The molecule has 3 unspecified atom stereocenters. The Balaban J connectivity index is 2.45. The molecule has 0 bridgehead atoms. The van der Waals surface area contributed by atoms with Crippen LogP contribution in [0.3, 0.4) is 0 Å². The number of hydrogen-bond acceptors (Lipinski definition) is 2. The maximum atomic E-state index is 11.2. The predicted molar refractivity (Wildman–Crippen MR) is 74.7 cm³/mol. The molecule has 1 aliphatic rings. The fourth-order valence-corrected chi connectivity index (χ4v) is 3.04. The van der Waals surface area contributed by atoms with Gasteiger partial charge in [-0.2, -0.15) is 0 Å². The lowest BCUT2D eigenvalue weighted by Crippen LogP contribution is -2.46. The van der Waals surface area contributed by atoms with Crippen molar-refractivity contribution >= 4 is 5.97 Å². The van der Waals surface area contributed by atoms with Crippen LogP contribution in [0.4, 0.5) is 0 Å². The second-order valence-electron chi connectivity index (χ2n) is 6.09. The van der Waals surface area contributed by atoms with E-state index in [4.69, 9.17) is 0 Å². The Kier molecular flexibility index (Phi) is 6.69. The molecule has 0 aliphatic heterocycles. The highest BCUT2D eigenvalue weighted by Crippen LogP contribution is 2.27. The molecule has 0 spiro atoms. The van der Waals surface area contributed by atoms with Crippen LogP contribution in [0.5, 0.6) is 0 Å². The molecule has 1 rings (SSSR count). The van der Waals surface area contributed by atoms with Crippen molar-refractivity contribution < 1.29 is 9.90 Å². The van der Waals surface area contributed by atoms with Gasteiger partial charge in [0, 0.05) is 6.04 Å². The third kappa shape index (κ3) is 4.97. The number of hydrogen-bond donors (Lipinski definition) is 2. The molecular weight excluding hydrogens is 226 g/mol. The summed E-state index contributed by atoms with van der Waals surface area (Å²) in [6.07, 6.45) is 8.71. The zero-order valence-electron chi connectivity index (χ0n) is 12.1. The average molecular weight is 255 g/mol. The Morgan fingerprint density at radius 3 is 2.56 bits per heavy atom. The van der Waals surface area contributed by atoms with Gasteiger partial charge in [-0.15, -0.1) is 0 Å². The second kappa shape index (κ2) is 7.78.